The van der Waals surface area contributed by atoms with Gasteiger partial charge in [0.15, 0.2) is 0 Å². The van der Waals surface area contributed by atoms with Crippen molar-refractivity contribution in [3.8, 4) is 0 Å². The summed E-state index contributed by atoms with van der Waals surface area (Å²) in [6, 6.07) is 0. The van der Waals surface area contributed by atoms with Gasteiger partial charge in [0.1, 0.15) is 0 Å². The first-order valence-electron chi connectivity index (χ1n) is 7.37. The number of rotatable bonds is 9. The second-order valence-corrected chi connectivity index (χ2v) is 5.24. The van der Waals surface area contributed by atoms with Gasteiger partial charge in [0.25, 0.3) is 0 Å². The van der Waals surface area contributed by atoms with Crippen molar-refractivity contribution < 1.29 is 9.90 Å². The number of hydrogen-bond acceptors (Lipinski definition) is 2. The number of aliphatic carboxylic acids is 1. The lowest BCUT2D eigenvalue weighted by atomic mass is 10.1. The summed E-state index contributed by atoms with van der Waals surface area (Å²) in [5.74, 6) is -1.06. The zero-order valence-corrected chi connectivity index (χ0v) is 13.3. The molecule has 0 spiro atoms. The first kappa shape index (κ1) is 18.5. The highest BCUT2D eigenvalue weighted by Gasteiger charge is 1.91. The summed E-state index contributed by atoms with van der Waals surface area (Å²) in [4.78, 5) is 10.2. The molecule has 0 aliphatic rings. The smallest absolute Gasteiger partial charge is 0.0458 e. The summed E-state index contributed by atoms with van der Waals surface area (Å²) in [6.07, 6.45) is 11.3. The van der Waals surface area contributed by atoms with Crippen molar-refractivity contribution in [2.75, 3.05) is 0 Å². The fourth-order valence-corrected chi connectivity index (χ4v) is 1.71. The molecule has 0 heterocycles. The van der Waals surface area contributed by atoms with Crippen LogP contribution in [0.1, 0.15) is 66.2 Å². The SMILES string of the molecule is CC/C(C)=C/CC/C(C)=C/CCC(C)=C=CCC(=O)[O-]. The molecule has 112 valence electrons. The summed E-state index contributed by atoms with van der Waals surface area (Å²) < 4.78 is 0. The van der Waals surface area contributed by atoms with Gasteiger partial charge in [0.05, 0.1) is 0 Å². The van der Waals surface area contributed by atoms with Crippen LogP contribution < -0.4 is 5.11 Å². The fourth-order valence-electron chi connectivity index (χ4n) is 1.71. The van der Waals surface area contributed by atoms with E-state index in [0.717, 1.165) is 37.7 Å². The van der Waals surface area contributed by atoms with Crippen molar-refractivity contribution in [2.45, 2.75) is 66.2 Å². The van der Waals surface area contributed by atoms with Gasteiger partial charge in [-0.1, -0.05) is 30.2 Å². The molecule has 0 fully saturated rings. The van der Waals surface area contributed by atoms with E-state index in [-0.39, 0.29) is 6.42 Å². The van der Waals surface area contributed by atoms with Crippen LogP contribution >= 0.6 is 0 Å². The van der Waals surface area contributed by atoms with Crippen LogP contribution in [0.4, 0.5) is 0 Å². The molecule has 0 aliphatic carbocycles. The molecule has 20 heavy (non-hydrogen) atoms. The molecule has 0 aromatic heterocycles. The summed E-state index contributed by atoms with van der Waals surface area (Å²) in [7, 11) is 0. The lowest BCUT2D eigenvalue weighted by Gasteiger charge is -2.00. The van der Waals surface area contributed by atoms with E-state index < -0.39 is 5.97 Å². The standard InChI is InChI=1S/C18H28O2/c1-5-15(2)9-6-10-16(3)11-7-12-17(4)13-8-14-18(19)20/h8-9,11H,5-7,10,12,14H2,1-4H3,(H,19,20)/p-1/b15-9+,16-11+. The van der Waals surface area contributed by atoms with Crippen LogP contribution in [-0.4, -0.2) is 5.97 Å². The van der Waals surface area contributed by atoms with Gasteiger partial charge in [0.2, 0.25) is 0 Å². The zero-order chi connectivity index (χ0) is 15.4. The monoisotopic (exact) mass is 275 g/mol. The predicted molar refractivity (Wildman–Crippen MR) is 83.2 cm³/mol. The van der Waals surface area contributed by atoms with Crippen molar-refractivity contribution in [3.05, 3.63) is 40.7 Å². The van der Waals surface area contributed by atoms with E-state index in [1.54, 1.807) is 0 Å². The van der Waals surface area contributed by atoms with Crippen LogP contribution in [0.25, 0.3) is 0 Å². The van der Waals surface area contributed by atoms with Crippen molar-refractivity contribution in [1.82, 2.24) is 0 Å². The first-order chi connectivity index (χ1) is 9.45. The molecule has 0 rings (SSSR count). The van der Waals surface area contributed by atoms with Crippen molar-refractivity contribution in [1.29, 1.82) is 0 Å². The highest BCUT2D eigenvalue weighted by Crippen LogP contribution is 2.11. The Bertz CT molecular complexity index is 419. The highest BCUT2D eigenvalue weighted by atomic mass is 16.4. The van der Waals surface area contributed by atoms with Gasteiger partial charge in [-0.3, -0.25) is 0 Å². The normalized spacial score (nSPS) is 12.0. The Hall–Kier alpha value is -1.53. The Morgan fingerprint density at radius 3 is 2.25 bits per heavy atom. The average Bonchev–Trinajstić information content (AvgIpc) is 2.38. The Balaban J connectivity index is 4.04. The summed E-state index contributed by atoms with van der Waals surface area (Å²) in [6.45, 7) is 8.49. The topological polar surface area (TPSA) is 40.1 Å². The molecule has 0 amide bonds. The van der Waals surface area contributed by atoms with Crippen molar-refractivity contribution >= 4 is 5.97 Å². The third kappa shape index (κ3) is 11.6. The van der Waals surface area contributed by atoms with Gasteiger partial charge in [-0.05, 0) is 64.5 Å². The Kier molecular flexibility index (Phi) is 10.4. The number of hydrogen-bond donors (Lipinski definition) is 0. The highest BCUT2D eigenvalue weighted by molar-refractivity contribution is 5.66. The van der Waals surface area contributed by atoms with E-state index in [9.17, 15) is 9.90 Å². The summed E-state index contributed by atoms with van der Waals surface area (Å²) >= 11 is 0. The van der Waals surface area contributed by atoms with E-state index in [1.165, 1.54) is 17.2 Å². The van der Waals surface area contributed by atoms with E-state index >= 15 is 0 Å². The molecular weight excluding hydrogens is 248 g/mol. The number of carbonyl (C=O) groups is 1. The lowest BCUT2D eigenvalue weighted by Crippen LogP contribution is -2.20. The van der Waals surface area contributed by atoms with Crippen LogP contribution in [0.15, 0.2) is 40.7 Å². The molecule has 0 aromatic carbocycles. The number of carboxylic acid groups (broad SMARTS) is 1. The molecule has 2 heteroatoms. The summed E-state index contributed by atoms with van der Waals surface area (Å²) in [5, 5.41) is 10.2. The number of allylic oxidation sites excluding steroid dienone is 4. The van der Waals surface area contributed by atoms with E-state index in [0.29, 0.717) is 0 Å². The van der Waals surface area contributed by atoms with E-state index in [2.05, 4.69) is 38.7 Å². The minimum Gasteiger partial charge on any atom is -0.550 e. The quantitative estimate of drug-likeness (QED) is 0.469. The molecule has 0 atom stereocenters. The molecule has 0 N–H and O–H groups in total. The number of carboxylic acids is 1. The molecule has 0 saturated carbocycles. The van der Waals surface area contributed by atoms with Gasteiger partial charge >= 0.3 is 0 Å². The molecule has 0 radical (unpaired) electrons. The Morgan fingerprint density at radius 2 is 1.65 bits per heavy atom. The molecule has 0 bridgehead atoms. The van der Waals surface area contributed by atoms with Gasteiger partial charge < -0.3 is 9.90 Å². The lowest BCUT2D eigenvalue weighted by molar-refractivity contribution is -0.304. The molecular formula is C18H27O2-. The van der Waals surface area contributed by atoms with E-state index in [1.807, 2.05) is 6.92 Å². The van der Waals surface area contributed by atoms with Crippen LogP contribution in [0.3, 0.4) is 0 Å². The van der Waals surface area contributed by atoms with Gasteiger partial charge in [-0.25, -0.2) is 0 Å². The minimum absolute atomic E-state index is 0.0602. The second kappa shape index (κ2) is 11.3. The van der Waals surface area contributed by atoms with Crippen molar-refractivity contribution in [3.63, 3.8) is 0 Å². The van der Waals surface area contributed by atoms with Crippen molar-refractivity contribution in [2.24, 2.45) is 0 Å². The maximum absolute atomic E-state index is 10.2. The maximum atomic E-state index is 10.2. The fraction of sp³-hybridized carbons (Fsp3) is 0.556. The average molecular weight is 275 g/mol. The van der Waals surface area contributed by atoms with Gasteiger partial charge in [-0.15, -0.1) is 5.73 Å². The predicted octanol–water partition coefficient (Wildman–Crippen LogP) is 4.09. The Labute approximate surface area is 123 Å². The Morgan fingerprint density at radius 1 is 1.05 bits per heavy atom. The maximum Gasteiger partial charge on any atom is 0.0458 e. The van der Waals surface area contributed by atoms with E-state index in [4.69, 9.17) is 0 Å². The second-order valence-electron chi connectivity index (χ2n) is 5.24. The first-order valence-corrected chi connectivity index (χ1v) is 7.37. The van der Waals surface area contributed by atoms with Gasteiger partial charge in [-0.2, -0.15) is 0 Å². The molecule has 0 aliphatic heterocycles. The minimum atomic E-state index is -1.06. The van der Waals surface area contributed by atoms with Crippen LogP contribution in [0.2, 0.25) is 0 Å². The molecule has 0 unspecified atom stereocenters. The summed E-state index contributed by atoms with van der Waals surface area (Å²) in [5.41, 5.74) is 6.93. The zero-order valence-electron chi connectivity index (χ0n) is 13.3. The largest absolute Gasteiger partial charge is 0.550 e. The molecule has 0 saturated heterocycles. The molecule has 2 nitrogen and oxygen atoms in total. The third-order valence-electron chi connectivity index (χ3n) is 3.22. The van der Waals surface area contributed by atoms with Crippen LogP contribution in [-0.2, 0) is 4.79 Å². The third-order valence-corrected chi connectivity index (χ3v) is 3.22. The number of carbonyl (C=O) groups excluding carboxylic acids is 1. The van der Waals surface area contributed by atoms with Gasteiger partial charge in [0, 0.05) is 12.4 Å². The van der Waals surface area contributed by atoms with Crippen LogP contribution in [0.5, 0.6) is 0 Å². The molecule has 0 aromatic rings. The van der Waals surface area contributed by atoms with Crippen LogP contribution in [0, 0.1) is 0 Å².